The lowest BCUT2D eigenvalue weighted by Gasteiger charge is -2.36. The van der Waals surface area contributed by atoms with Gasteiger partial charge in [0.15, 0.2) is 11.5 Å². The lowest BCUT2D eigenvalue weighted by atomic mass is 10.2. The Labute approximate surface area is 183 Å². The normalized spacial score (nSPS) is 14.3. The van der Waals surface area contributed by atoms with Gasteiger partial charge in [-0.05, 0) is 60.7 Å². The number of piperazine rings is 1. The minimum Gasteiger partial charge on any atom is -0.368 e. The van der Waals surface area contributed by atoms with Crippen LogP contribution in [0.5, 0.6) is 0 Å². The Kier molecular flexibility index (Phi) is 5.03. The van der Waals surface area contributed by atoms with Gasteiger partial charge in [0.05, 0.1) is 5.56 Å². The van der Waals surface area contributed by atoms with Crippen LogP contribution in [0.1, 0.15) is 10.4 Å². The zero-order chi connectivity index (χ0) is 21.4. The van der Waals surface area contributed by atoms with Crippen LogP contribution < -0.4 is 4.90 Å². The topological polar surface area (TPSA) is 53.7 Å². The molecule has 3 heterocycles. The monoisotopic (exact) mass is 435 g/mol. The lowest BCUT2D eigenvalue weighted by Crippen LogP contribution is -2.48. The first-order valence-electron chi connectivity index (χ1n) is 9.99. The largest absolute Gasteiger partial charge is 0.368 e. The van der Waals surface area contributed by atoms with E-state index in [4.69, 9.17) is 11.6 Å². The molecule has 2 aromatic heterocycles. The van der Waals surface area contributed by atoms with Crippen LogP contribution in [0.2, 0.25) is 5.02 Å². The van der Waals surface area contributed by atoms with Crippen molar-refractivity contribution in [3.8, 4) is 11.4 Å². The van der Waals surface area contributed by atoms with Crippen molar-refractivity contribution in [3.05, 3.63) is 83.3 Å². The molecule has 0 saturated carbocycles. The summed E-state index contributed by atoms with van der Waals surface area (Å²) >= 11 is 5.99. The predicted octanol–water partition coefficient (Wildman–Crippen LogP) is 4.15. The molecule has 0 N–H and O–H groups in total. The molecule has 1 saturated heterocycles. The van der Waals surface area contributed by atoms with Crippen molar-refractivity contribution in [2.75, 3.05) is 31.1 Å². The molecular formula is C23H19ClFN5O. The van der Waals surface area contributed by atoms with Gasteiger partial charge in [0, 0.05) is 48.6 Å². The molecule has 0 radical (unpaired) electrons. The van der Waals surface area contributed by atoms with Gasteiger partial charge in [-0.3, -0.25) is 9.20 Å². The molecule has 6 nitrogen and oxygen atoms in total. The number of nitrogens with zero attached hydrogens (tertiary/aromatic N) is 5. The smallest absolute Gasteiger partial charge is 0.255 e. The Hall–Kier alpha value is -3.45. The molecule has 1 fully saturated rings. The number of benzene rings is 2. The Balaban J connectivity index is 1.35. The summed E-state index contributed by atoms with van der Waals surface area (Å²) in [5.74, 6) is 0.374. The average Bonchev–Trinajstić information content (AvgIpc) is 3.23. The van der Waals surface area contributed by atoms with Crippen molar-refractivity contribution in [2.45, 2.75) is 0 Å². The van der Waals surface area contributed by atoms with Gasteiger partial charge in [-0.1, -0.05) is 11.6 Å². The Morgan fingerprint density at radius 2 is 1.58 bits per heavy atom. The molecule has 8 heteroatoms. The molecule has 156 valence electrons. The Bertz CT molecular complexity index is 1230. The van der Waals surface area contributed by atoms with Crippen molar-refractivity contribution in [1.29, 1.82) is 0 Å². The van der Waals surface area contributed by atoms with Crippen molar-refractivity contribution >= 4 is 28.8 Å². The van der Waals surface area contributed by atoms with E-state index in [1.165, 1.54) is 12.1 Å². The summed E-state index contributed by atoms with van der Waals surface area (Å²) in [6.07, 6.45) is 1.79. The summed E-state index contributed by atoms with van der Waals surface area (Å²) in [4.78, 5) is 17.1. The third-order valence-electron chi connectivity index (χ3n) is 5.51. The van der Waals surface area contributed by atoms with Crippen LogP contribution in [0.15, 0.2) is 66.9 Å². The summed E-state index contributed by atoms with van der Waals surface area (Å²) < 4.78 is 15.0. The van der Waals surface area contributed by atoms with E-state index in [1.807, 2.05) is 21.4 Å². The van der Waals surface area contributed by atoms with Crippen LogP contribution in [-0.4, -0.2) is 51.6 Å². The molecule has 0 atom stereocenters. The summed E-state index contributed by atoms with van der Waals surface area (Å²) in [5.41, 5.74) is 3.09. The molecule has 1 aliphatic rings. The molecule has 2 aromatic carbocycles. The third-order valence-corrected chi connectivity index (χ3v) is 5.76. The number of fused-ring (bicyclic) bond motifs is 1. The number of halogens is 2. The molecule has 0 spiro atoms. The number of carbonyl (C=O) groups is 1. The molecule has 0 bridgehead atoms. The van der Waals surface area contributed by atoms with E-state index in [0.29, 0.717) is 48.2 Å². The fourth-order valence-electron chi connectivity index (χ4n) is 3.82. The maximum Gasteiger partial charge on any atom is 0.255 e. The zero-order valence-electron chi connectivity index (χ0n) is 16.6. The van der Waals surface area contributed by atoms with Crippen LogP contribution >= 0.6 is 11.6 Å². The van der Waals surface area contributed by atoms with Gasteiger partial charge in [-0.15, -0.1) is 10.2 Å². The second-order valence-electron chi connectivity index (χ2n) is 7.43. The predicted molar refractivity (Wildman–Crippen MR) is 118 cm³/mol. The first kappa shape index (κ1) is 19.5. The van der Waals surface area contributed by atoms with Crippen molar-refractivity contribution < 1.29 is 9.18 Å². The molecule has 1 aliphatic heterocycles. The van der Waals surface area contributed by atoms with E-state index in [1.54, 1.807) is 42.6 Å². The maximum absolute atomic E-state index is 13.2. The molecule has 31 heavy (non-hydrogen) atoms. The minimum absolute atomic E-state index is 0.0311. The summed E-state index contributed by atoms with van der Waals surface area (Å²) in [6, 6.07) is 17.4. The molecule has 1 amide bonds. The van der Waals surface area contributed by atoms with Gasteiger partial charge >= 0.3 is 0 Å². The number of pyridine rings is 1. The van der Waals surface area contributed by atoms with E-state index < -0.39 is 0 Å². The van der Waals surface area contributed by atoms with E-state index in [2.05, 4.69) is 15.1 Å². The van der Waals surface area contributed by atoms with E-state index in [9.17, 15) is 9.18 Å². The fraction of sp³-hybridized carbons (Fsp3) is 0.174. The second-order valence-corrected chi connectivity index (χ2v) is 7.87. The van der Waals surface area contributed by atoms with Gasteiger partial charge in [0.25, 0.3) is 5.91 Å². The van der Waals surface area contributed by atoms with Crippen LogP contribution in [0.25, 0.3) is 17.0 Å². The van der Waals surface area contributed by atoms with E-state index in [0.717, 1.165) is 11.3 Å². The van der Waals surface area contributed by atoms with Crippen LogP contribution in [0.3, 0.4) is 0 Å². The standard InChI is InChI=1S/C23H19ClFN5O/c24-18-4-1-16(2-5-18)22-27-26-21-10-3-17(15-30(21)22)23(31)29-13-11-28(12-14-29)20-8-6-19(25)7-9-20/h1-10,15H,11-14H2. The van der Waals surface area contributed by atoms with Crippen LogP contribution in [0, 0.1) is 5.82 Å². The number of amides is 1. The molecule has 4 aromatic rings. The summed E-state index contributed by atoms with van der Waals surface area (Å²) in [7, 11) is 0. The van der Waals surface area contributed by atoms with Gasteiger partial charge in [-0.2, -0.15) is 0 Å². The van der Waals surface area contributed by atoms with Crippen LogP contribution in [0.4, 0.5) is 10.1 Å². The van der Waals surface area contributed by atoms with Crippen molar-refractivity contribution in [1.82, 2.24) is 19.5 Å². The first-order valence-corrected chi connectivity index (χ1v) is 10.4. The highest BCUT2D eigenvalue weighted by Gasteiger charge is 2.23. The molecule has 0 aliphatic carbocycles. The lowest BCUT2D eigenvalue weighted by molar-refractivity contribution is 0.0746. The number of hydrogen-bond acceptors (Lipinski definition) is 4. The first-order chi connectivity index (χ1) is 15.1. The van der Waals surface area contributed by atoms with Crippen molar-refractivity contribution in [2.24, 2.45) is 0 Å². The quantitative estimate of drug-likeness (QED) is 0.485. The van der Waals surface area contributed by atoms with Gasteiger partial charge in [0.2, 0.25) is 0 Å². The fourth-order valence-corrected chi connectivity index (χ4v) is 3.94. The SMILES string of the molecule is O=C(c1ccc2nnc(-c3ccc(Cl)cc3)n2c1)N1CCN(c2ccc(F)cc2)CC1. The highest BCUT2D eigenvalue weighted by molar-refractivity contribution is 6.30. The molecule has 0 unspecified atom stereocenters. The number of hydrogen-bond donors (Lipinski definition) is 0. The number of aromatic nitrogens is 3. The third kappa shape index (κ3) is 3.84. The zero-order valence-corrected chi connectivity index (χ0v) is 17.3. The Morgan fingerprint density at radius 3 is 2.29 bits per heavy atom. The number of carbonyl (C=O) groups excluding carboxylic acids is 1. The number of rotatable bonds is 3. The molecule has 5 rings (SSSR count). The van der Waals surface area contributed by atoms with E-state index >= 15 is 0 Å². The Morgan fingerprint density at radius 1 is 0.871 bits per heavy atom. The summed E-state index contributed by atoms with van der Waals surface area (Å²) in [6.45, 7) is 2.59. The number of anilines is 1. The van der Waals surface area contributed by atoms with Gasteiger partial charge in [-0.25, -0.2) is 4.39 Å². The van der Waals surface area contributed by atoms with Gasteiger partial charge < -0.3 is 9.80 Å². The minimum atomic E-state index is -0.250. The average molecular weight is 436 g/mol. The summed E-state index contributed by atoms with van der Waals surface area (Å²) in [5, 5.41) is 9.12. The van der Waals surface area contributed by atoms with E-state index in [-0.39, 0.29) is 11.7 Å². The van der Waals surface area contributed by atoms with Crippen molar-refractivity contribution in [3.63, 3.8) is 0 Å². The highest BCUT2D eigenvalue weighted by Crippen LogP contribution is 2.22. The van der Waals surface area contributed by atoms with Crippen LogP contribution in [-0.2, 0) is 0 Å². The molecular weight excluding hydrogens is 417 g/mol. The highest BCUT2D eigenvalue weighted by atomic mass is 35.5. The second kappa shape index (κ2) is 8.00. The maximum atomic E-state index is 13.2. The van der Waals surface area contributed by atoms with Gasteiger partial charge in [0.1, 0.15) is 5.82 Å².